The fraction of sp³-hybridized carbons (Fsp3) is 0.533. The Hall–Kier alpha value is -1.56. The van der Waals surface area contributed by atoms with Crippen LogP contribution in [0.15, 0.2) is 29.4 Å². The topological polar surface area (TPSA) is 63.8 Å². The van der Waals surface area contributed by atoms with E-state index >= 15 is 0 Å². The predicted molar refractivity (Wildman–Crippen MR) is 82.6 cm³/mol. The highest BCUT2D eigenvalue weighted by atomic mass is 32.2. The van der Waals surface area contributed by atoms with Crippen LogP contribution in [-0.2, 0) is 0 Å². The molecule has 0 amide bonds. The first-order valence-corrected chi connectivity index (χ1v) is 8.26. The van der Waals surface area contributed by atoms with Crippen molar-refractivity contribution < 1.29 is 5.11 Å². The SMILES string of the molecule is CC1CCC(Sc2nnnn2-c2ccc(O)cc2)CC1C. The van der Waals surface area contributed by atoms with E-state index in [9.17, 15) is 5.11 Å². The van der Waals surface area contributed by atoms with Gasteiger partial charge in [-0.3, -0.25) is 0 Å². The molecule has 112 valence electrons. The number of aromatic nitrogens is 4. The Morgan fingerprint density at radius 1 is 1.14 bits per heavy atom. The van der Waals surface area contributed by atoms with E-state index < -0.39 is 0 Å². The van der Waals surface area contributed by atoms with Crippen LogP contribution in [0.3, 0.4) is 0 Å². The van der Waals surface area contributed by atoms with Crippen LogP contribution >= 0.6 is 11.8 Å². The Labute approximate surface area is 128 Å². The highest BCUT2D eigenvalue weighted by Gasteiger charge is 2.26. The van der Waals surface area contributed by atoms with Gasteiger partial charge in [0.2, 0.25) is 5.16 Å². The first-order chi connectivity index (χ1) is 10.1. The molecule has 3 rings (SSSR count). The van der Waals surface area contributed by atoms with Gasteiger partial charge in [-0.1, -0.05) is 25.6 Å². The lowest BCUT2D eigenvalue weighted by Gasteiger charge is -2.31. The minimum atomic E-state index is 0.246. The number of thioether (sulfide) groups is 1. The zero-order valence-electron chi connectivity index (χ0n) is 12.3. The number of nitrogens with zero attached hydrogens (tertiary/aromatic N) is 4. The number of hydrogen-bond acceptors (Lipinski definition) is 5. The van der Waals surface area contributed by atoms with Crippen molar-refractivity contribution in [2.24, 2.45) is 11.8 Å². The summed E-state index contributed by atoms with van der Waals surface area (Å²) in [5.41, 5.74) is 0.873. The summed E-state index contributed by atoms with van der Waals surface area (Å²) in [6.45, 7) is 4.67. The average molecular weight is 304 g/mol. The van der Waals surface area contributed by atoms with Gasteiger partial charge >= 0.3 is 0 Å². The van der Waals surface area contributed by atoms with E-state index in [0.29, 0.717) is 5.25 Å². The van der Waals surface area contributed by atoms with Crippen LogP contribution in [-0.4, -0.2) is 30.6 Å². The first-order valence-electron chi connectivity index (χ1n) is 7.38. The summed E-state index contributed by atoms with van der Waals surface area (Å²) in [4.78, 5) is 0. The molecule has 1 aromatic heterocycles. The number of hydrogen-bond donors (Lipinski definition) is 1. The molecule has 1 fully saturated rings. The second-order valence-corrected chi connectivity index (χ2v) is 7.16. The van der Waals surface area contributed by atoms with Gasteiger partial charge in [-0.15, -0.1) is 5.10 Å². The Kier molecular flexibility index (Phi) is 4.14. The van der Waals surface area contributed by atoms with E-state index in [1.54, 1.807) is 28.6 Å². The highest BCUT2D eigenvalue weighted by Crippen LogP contribution is 2.38. The minimum absolute atomic E-state index is 0.246. The van der Waals surface area contributed by atoms with Crippen LogP contribution in [0.1, 0.15) is 33.1 Å². The fourth-order valence-corrected chi connectivity index (χ4v) is 4.04. The van der Waals surface area contributed by atoms with Crippen molar-refractivity contribution in [1.29, 1.82) is 0 Å². The van der Waals surface area contributed by atoms with E-state index in [1.807, 2.05) is 12.1 Å². The molecule has 0 saturated heterocycles. The maximum Gasteiger partial charge on any atom is 0.214 e. The summed E-state index contributed by atoms with van der Waals surface area (Å²) in [6, 6.07) is 6.94. The summed E-state index contributed by atoms with van der Waals surface area (Å²) in [5.74, 6) is 1.82. The maximum absolute atomic E-state index is 9.37. The van der Waals surface area contributed by atoms with Gasteiger partial charge in [0.05, 0.1) is 5.69 Å². The summed E-state index contributed by atoms with van der Waals surface area (Å²) in [5, 5.41) is 22.8. The largest absolute Gasteiger partial charge is 0.508 e. The van der Waals surface area contributed by atoms with E-state index in [1.165, 1.54) is 19.3 Å². The highest BCUT2D eigenvalue weighted by molar-refractivity contribution is 7.99. The summed E-state index contributed by atoms with van der Waals surface area (Å²) in [7, 11) is 0. The lowest BCUT2D eigenvalue weighted by molar-refractivity contribution is 0.283. The Morgan fingerprint density at radius 3 is 2.62 bits per heavy atom. The standard InChI is InChI=1S/C15H20N4OS/c1-10-3-8-14(9-11(10)2)21-15-16-17-18-19(15)12-4-6-13(20)7-5-12/h4-7,10-11,14,20H,3,8-9H2,1-2H3. The third-order valence-electron chi connectivity index (χ3n) is 4.36. The smallest absolute Gasteiger partial charge is 0.214 e. The third-order valence-corrected chi connectivity index (χ3v) is 5.58. The van der Waals surface area contributed by atoms with Gasteiger partial charge in [-0.25, -0.2) is 0 Å². The lowest BCUT2D eigenvalue weighted by atomic mass is 9.81. The minimum Gasteiger partial charge on any atom is -0.508 e. The quantitative estimate of drug-likeness (QED) is 0.942. The van der Waals surface area contributed by atoms with Crippen molar-refractivity contribution >= 4 is 11.8 Å². The van der Waals surface area contributed by atoms with Gasteiger partial charge in [-0.2, -0.15) is 4.68 Å². The van der Waals surface area contributed by atoms with Gasteiger partial charge in [0.25, 0.3) is 0 Å². The summed E-state index contributed by atoms with van der Waals surface area (Å²) >= 11 is 1.77. The van der Waals surface area contributed by atoms with Crippen LogP contribution in [0.2, 0.25) is 0 Å². The van der Waals surface area contributed by atoms with E-state index in [-0.39, 0.29) is 5.75 Å². The molecular weight excluding hydrogens is 284 g/mol. The Bertz CT molecular complexity index is 598. The molecule has 0 aliphatic heterocycles. The van der Waals surface area contributed by atoms with Crippen molar-refractivity contribution in [3.8, 4) is 11.4 Å². The van der Waals surface area contributed by atoms with Crippen molar-refractivity contribution in [2.75, 3.05) is 0 Å². The first kappa shape index (κ1) is 14.4. The predicted octanol–water partition coefficient (Wildman–Crippen LogP) is 3.28. The van der Waals surface area contributed by atoms with Crippen LogP contribution in [0.4, 0.5) is 0 Å². The second-order valence-electron chi connectivity index (χ2n) is 5.90. The average Bonchev–Trinajstić information content (AvgIpc) is 2.92. The van der Waals surface area contributed by atoms with Crippen LogP contribution in [0.5, 0.6) is 5.75 Å². The van der Waals surface area contributed by atoms with Crippen molar-refractivity contribution in [3.05, 3.63) is 24.3 Å². The molecule has 21 heavy (non-hydrogen) atoms. The monoisotopic (exact) mass is 304 g/mol. The molecule has 3 atom stereocenters. The van der Waals surface area contributed by atoms with E-state index in [4.69, 9.17) is 0 Å². The molecule has 0 spiro atoms. The number of tetrazole rings is 1. The normalized spacial score (nSPS) is 25.9. The van der Waals surface area contributed by atoms with Crippen molar-refractivity contribution in [2.45, 2.75) is 43.5 Å². The van der Waals surface area contributed by atoms with Crippen LogP contribution < -0.4 is 0 Å². The molecule has 2 aromatic rings. The molecule has 1 aromatic carbocycles. The van der Waals surface area contributed by atoms with E-state index in [0.717, 1.165) is 22.7 Å². The lowest BCUT2D eigenvalue weighted by Crippen LogP contribution is -2.22. The number of phenolic OH excluding ortho intramolecular Hbond substituents is 1. The van der Waals surface area contributed by atoms with Gasteiger partial charge in [0.15, 0.2) is 0 Å². The van der Waals surface area contributed by atoms with Gasteiger partial charge in [-0.05, 0) is 65.8 Å². The molecule has 3 unspecified atom stereocenters. The van der Waals surface area contributed by atoms with Crippen molar-refractivity contribution in [1.82, 2.24) is 20.2 Å². The van der Waals surface area contributed by atoms with E-state index in [2.05, 4.69) is 29.4 Å². The number of aromatic hydroxyl groups is 1. The zero-order chi connectivity index (χ0) is 14.8. The molecule has 5 nitrogen and oxygen atoms in total. The van der Waals surface area contributed by atoms with Gasteiger partial charge in [0.1, 0.15) is 5.75 Å². The number of phenols is 1. The summed E-state index contributed by atoms with van der Waals surface area (Å²) < 4.78 is 1.74. The molecule has 1 saturated carbocycles. The molecule has 1 aliphatic rings. The van der Waals surface area contributed by atoms with Gasteiger partial charge in [0, 0.05) is 5.25 Å². The second kappa shape index (κ2) is 6.05. The summed E-state index contributed by atoms with van der Waals surface area (Å²) in [6.07, 6.45) is 3.71. The molecule has 1 N–H and O–H groups in total. The molecule has 0 bridgehead atoms. The molecule has 0 radical (unpaired) electrons. The number of benzene rings is 1. The third kappa shape index (κ3) is 3.20. The Morgan fingerprint density at radius 2 is 1.90 bits per heavy atom. The zero-order valence-corrected chi connectivity index (χ0v) is 13.1. The van der Waals surface area contributed by atoms with Crippen LogP contribution in [0, 0.1) is 11.8 Å². The molecular formula is C15H20N4OS. The molecule has 1 heterocycles. The molecule has 6 heteroatoms. The fourth-order valence-electron chi connectivity index (χ4n) is 2.76. The Balaban J connectivity index is 1.75. The van der Waals surface area contributed by atoms with Crippen molar-refractivity contribution in [3.63, 3.8) is 0 Å². The maximum atomic E-state index is 9.37. The number of rotatable bonds is 3. The van der Waals surface area contributed by atoms with Gasteiger partial charge < -0.3 is 5.11 Å². The van der Waals surface area contributed by atoms with Crippen LogP contribution in [0.25, 0.3) is 5.69 Å². The molecule has 1 aliphatic carbocycles.